The van der Waals surface area contributed by atoms with Gasteiger partial charge in [-0.25, -0.2) is 0 Å². The van der Waals surface area contributed by atoms with Crippen molar-refractivity contribution in [3.63, 3.8) is 0 Å². The van der Waals surface area contributed by atoms with E-state index in [1.165, 1.54) is 69.4 Å². The summed E-state index contributed by atoms with van der Waals surface area (Å²) in [6.07, 6.45) is 9.05. The molecule has 0 saturated heterocycles. The van der Waals surface area contributed by atoms with Gasteiger partial charge in [0, 0.05) is 5.56 Å². The number of rotatable bonds is 8. The Labute approximate surface area is 205 Å². The van der Waals surface area contributed by atoms with Gasteiger partial charge >= 0.3 is 0 Å². The summed E-state index contributed by atoms with van der Waals surface area (Å²) in [6.45, 7) is 8.99. The van der Waals surface area contributed by atoms with Gasteiger partial charge in [-0.15, -0.1) is 0 Å². The van der Waals surface area contributed by atoms with Crippen molar-refractivity contribution in [1.82, 2.24) is 0 Å². The van der Waals surface area contributed by atoms with Crippen LogP contribution in [0.25, 0.3) is 11.1 Å². The summed E-state index contributed by atoms with van der Waals surface area (Å²) in [5.41, 5.74) is 12.8. The quantitative estimate of drug-likeness (QED) is 0.313. The van der Waals surface area contributed by atoms with E-state index in [4.69, 9.17) is 0 Å². The Bertz CT molecular complexity index is 1180. The van der Waals surface area contributed by atoms with E-state index in [2.05, 4.69) is 82.3 Å². The molecule has 1 unspecified atom stereocenters. The Hall–Kier alpha value is -2.93. The zero-order chi connectivity index (χ0) is 24.1. The van der Waals surface area contributed by atoms with Gasteiger partial charge in [0.05, 0.1) is 0 Å². The van der Waals surface area contributed by atoms with Gasteiger partial charge in [-0.2, -0.15) is 0 Å². The smallest absolute Gasteiger partial charge is 0.150 e. The van der Waals surface area contributed by atoms with E-state index in [9.17, 15) is 4.79 Å². The van der Waals surface area contributed by atoms with E-state index in [0.29, 0.717) is 0 Å². The molecule has 1 nitrogen and oxygen atoms in total. The fourth-order valence-corrected chi connectivity index (χ4v) is 5.63. The number of hydrogen-bond donors (Lipinski definition) is 0. The third-order valence-corrected chi connectivity index (χ3v) is 7.46. The maximum atomic E-state index is 11.5. The molecule has 0 spiro atoms. The largest absolute Gasteiger partial charge is 0.298 e. The molecule has 0 bridgehead atoms. The number of aryl methyl sites for hydroxylation is 3. The number of carbonyl (C=O) groups excluding carboxylic acids is 1. The molecule has 3 aromatic carbocycles. The molecule has 0 fully saturated rings. The normalized spacial score (nSPS) is 14.5. The third kappa shape index (κ3) is 5.25. The highest BCUT2D eigenvalue weighted by molar-refractivity contribution is 6.00. The van der Waals surface area contributed by atoms with Crippen LogP contribution in [0.5, 0.6) is 0 Å². The van der Waals surface area contributed by atoms with E-state index < -0.39 is 0 Å². The highest BCUT2D eigenvalue weighted by Crippen LogP contribution is 2.41. The van der Waals surface area contributed by atoms with Crippen molar-refractivity contribution >= 4 is 17.4 Å². The van der Waals surface area contributed by atoms with E-state index in [1.807, 2.05) is 6.07 Å². The molecule has 0 saturated carbocycles. The average molecular weight is 451 g/mol. The van der Waals surface area contributed by atoms with Crippen LogP contribution in [0.1, 0.15) is 95.3 Å². The molecule has 3 aromatic rings. The van der Waals surface area contributed by atoms with Crippen molar-refractivity contribution in [2.75, 3.05) is 0 Å². The number of aldehydes is 1. The number of fused-ring (bicyclic) bond motifs is 1. The maximum absolute atomic E-state index is 11.5. The Morgan fingerprint density at radius 1 is 0.882 bits per heavy atom. The molecule has 1 aliphatic rings. The van der Waals surface area contributed by atoms with E-state index in [0.717, 1.165) is 43.5 Å². The van der Waals surface area contributed by atoms with Gasteiger partial charge in [0.2, 0.25) is 0 Å². The van der Waals surface area contributed by atoms with Crippen LogP contribution in [0, 0.1) is 19.8 Å². The average Bonchev–Trinajstić information content (AvgIpc) is 3.03. The number of benzene rings is 3. The Kier molecular flexibility index (Phi) is 7.83. The Balaban J connectivity index is 1.85. The molecule has 0 heterocycles. The van der Waals surface area contributed by atoms with Crippen LogP contribution in [-0.4, -0.2) is 6.29 Å². The van der Waals surface area contributed by atoms with Crippen molar-refractivity contribution in [2.45, 2.75) is 72.6 Å². The van der Waals surface area contributed by atoms with Gasteiger partial charge in [0.1, 0.15) is 6.29 Å². The highest BCUT2D eigenvalue weighted by Gasteiger charge is 2.21. The van der Waals surface area contributed by atoms with E-state index >= 15 is 0 Å². The van der Waals surface area contributed by atoms with E-state index in [1.54, 1.807) is 0 Å². The van der Waals surface area contributed by atoms with Crippen LogP contribution in [0.4, 0.5) is 0 Å². The molecule has 1 atom stereocenters. The summed E-state index contributed by atoms with van der Waals surface area (Å²) < 4.78 is 0. The molecule has 176 valence electrons. The minimum atomic E-state index is 0.765. The lowest BCUT2D eigenvalue weighted by Gasteiger charge is -2.19. The number of allylic oxidation sites excluding steroid dienone is 1. The minimum Gasteiger partial charge on any atom is -0.298 e. The molecule has 34 heavy (non-hydrogen) atoms. The number of hydrogen-bond acceptors (Lipinski definition) is 1. The van der Waals surface area contributed by atoms with Crippen molar-refractivity contribution in [3.8, 4) is 0 Å². The Morgan fingerprint density at radius 3 is 2.32 bits per heavy atom. The maximum Gasteiger partial charge on any atom is 0.150 e. The number of carbonyl (C=O) groups is 1. The van der Waals surface area contributed by atoms with Crippen LogP contribution in [0.2, 0.25) is 0 Å². The first kappa shape index (κ1) is 24.2. The van der Waals surface area contributed by atoms with Crippen molar-refractivity contribution in [1.29, 1.82) is 0 Å². The van der Waals surface area contributed by atoms with Gasteiger partial charge in [-0.3, -0.25) is 4.79 Å². The van der Waals surface area contributed by atoms with Crippen LogP contribution < -0.4 is 0 Å². The molecule has 0 radical (unpaired) electrons. The highest BCUT2D eigenvalue weighted by atomic mass is 16.1. The summed E-state index contributed by atoms with van der Waals surface area (Å²) in [4.78, 5) is 11.5. The lowest BCUT2D eigenvalue weighted by molar-refractivity contribution is 0.112. The van der Waals surface area contributed by atoms with Crippen LogP contribution in [0.3, 0.4) is 0 Å². The zero-order valence-electron chi connectivity index (χ0n) is 21.3. The zero-order valence-corrected chi connectivity index (χ0v) is 21.3. The molecule has 0 aliphatic heterocycles. The summed E-state index contributed by atoms with van der Waals surface area (Å²) >= 11 is 0. The van der Waals surface area contributed by atoms with Gasteiger partial charge in [0.25, 0.3) is 0 Å². The molecule has 0 amide bonds. The van der Waals surface area contributed by atoms with Crippen molar-refractivity contribution in [3.05, 3.63) is 105 Å². The molecule has 0 aromatic heterocycles. The first-order valence-corrected chi connectivity index (χ1v) is 13.0. The van der Waals surface area contributed by atoms with Crippen molar-refractivity contribution in [2.24, 2.45) is 5.92 Å². The predicted molar refractivity (Wildman–Crippen MR) is 145 cm³/mol. The van der Waals surface area contributed by atoms with Crippen LogP contribution in [0.15, 0.2) is 60.7 Å². The SMILES string of the molecule is CCCC(CC)Cc1ccc(C2=C(c3ccc(C)cc3C)CCCc3cc(C=O)ccc32)cc1. The second-order valence-electron chi connectivity index (χ2n) is 10.0. The van der Waals surface area contributed by atoms with Gasteiger partial charge in [-0.1, -0.05) is 93.3 Å². The second-order valence-corrected chi connectivity index (χ2v) is 10.0. The topological polar surface area (TPSA) is 17.1 Å². The molecular weight excluding hydrogens is 412 g/mol. The fraction of sp³-hybridized carbons (Fsp3) is 0.364. The Morgan fingerprint density at radius 2 is 1.65 bits per heavy atom. The first-order valence-electron chi connectivity index (χ1n) is 13.0. The van der Waals surface area contributed by atoms with Gasteiger partial charge in [-0.05, 0) is 96.0 Å². The monoisotopic (exact) mass is 450 g/mol. The van der Waals surface area contributed by atoms with E-state index in [-0.39, 0.29) is 0 Å². The molecule has 1 aliphatic carbocycles. The summed E-state index contributed by atoms with van der Waals surface area (Å²) in [7, 11) is 0. The van der Waals surface area contributed by atoms with Gasteiger partial charge in [0.15, 0.2) is 0 Å². The second kappa shape index (κ2) is 11.0. The van der Waals surface area contributed by atoms with Gasteiger partial charge < -0.3 is 0 Å². The lowest BCUT2D eigenvalue weighted by atomic mass is 9.85. The first-order chi connectivity index (χ1) is 16.5. The summed E-state index contributed by atoms with van der Waals surface area (Å²) in [6, 6.07) is 22.4. The lowest BCUT2D eigenvalue weighted by Crippen LogP contribution is -2.03. The van der Waals surface area contributed by atoms with Crippen molar-refractivity contribution < 1.29 is 4.79 Å². The predicted octanol–water partition coefficient (Wildman–Crippen LogP) is 8.78. The van der Waals surface area contributed by atoms with Crippen LogP contribution in [-0.2, 0) is 12.8 Å². The molecule has 4 rings (SSSR count). The molecule has 0 N–H and O–H groups in total. The molecular formula is C33H38O. The van der Waals surface area contributed by atoms with Crippen LogP contribution >= 0.6 is 0 Å². The third-order valence-electron chi connectivity index (χ3n) is 7.46. The summed E-state index contributed by atoms with van der Waals surface area (Å²) in [5, 5.41) is 0. The standard InChI is InChI=1S/C33H38O/c1-5-8-25(6-2)20-26-12-15-28(16-13-26)33-31-18-14-27(22-34)21-29(31)9-7-10-32(33)30-17-11-23(3)19-24(30)4/h11-19,21-22,25H,5-10,20H2,1-4H3. The minimum absolute atomic E-state index is 0.765. The molecule has 1 heteroatoms. The summed E-state index contributed by atoms with van der Waals surface area (Å²) in [5.74, 6) is 0.765. The fourth-order valence-electron chi connectivity index (χ4n) is 5.63.